The number of hydrogen-bond donors (Lipinski definition) is 0. The number of halogens is 1. The predicted octanol–water partition coefficient (Wildman–Crippen LogP) is 2.56. The van der Waals surface area contributed by atoms with Crippen molar-refractivity contribution >= 4 is 30.4 Å². The van der Waals surface area contributed by atoms with Gasteiger partial charge in [-0.05, 0) is 20.3 Å². The lowest BCUT2D eigenvalue weighted by atomic mass is 10.5. The predicted molar refractivity (Wildman–Crippen MR) is 82.1 cm³/mol. The van der Waals surface area contributed by atoms with E-state index >= 15 is 0 Å². The molecule has 0 aliphatic rings. The quantitative estimate of drug-likeness (QED) is 0.391. The fraction of sp³-hybridized carbons (Fsp3) is 0.583. The number of fused-ring (bicyclic) bond motifs is 1. The molecule has 0 saturated carbocycles. The molecule has 0 aromatic carbocycles. The first kappa shape index (κ1) is 17.1. The molecule has 0 N–H and O–H groups in total. The summed E-state index contributed by atoms with van der Waals surface area (Å²) < 4.78 is 24.1. The summed E-state index contributed by atoms with van der Waals surface area (Å²) in [5, 5.41) is 0.268. The monoisotopic (exact) mass is 348 g/mol. The summed E-state index contributed by atoms with van der Waals surface area (Å²) in [7, 11) is -3.03. The second-order valence-electron chi connectivity index (χ2n) is 4.26. The maximum atomic E-state index is 12.3. The second-order valence-corrected chi connectivity index (χ2v) is 6.81. The van der Waals surface area contributed by atoms with Gasteiger partial charge in [0.05, 0.1) is 19.4 Å². The summed E-state index contributed by atoms with van der Waals surface area (Å²) in [6.07, 6.45) is 3.60. The van der Waals surface area contributed by atoms with Crippen molar-refractivity contribution in [2.24, 2.45) is 0 Å². The van der Waals surface area contributed by atoms with Crippen molar-refractivity contribution in [3.05, 3.63) is 17.8 Å². The van der Waals surface area contributed by atoms with E-state index in [1.807, 2.05) is 0 Å². The Morgan fingerprint density at radius 3 is 2.64 bits per heavy atom. The molecule has 2 aromatic heterocycles. The summed E-state index contributed by atoms with van der Waals surface area (Å²) >= 11 is 5.91. The standard InChI is InChI=1S/C12H18ClN4O4P/c1-3-20-22(18,21-4-2)7-5-6-19-17-9-16-10-11(13)14-8-15-12(10)17/h8-9H,3-7H2,1-2H3. The molecule has 0 radical (unpaired) electrons. The molecule has 0 fully saturated rings. The fourth-order valence-corrected chi connectivity index (χ4v) is 3.67. The lowest BCUT2D eigenvalue weighted by Gasteiger charge is -2.16. The van der Waals surface area contributed by atoms with Crippen LogP contribution in [-0.2, 0) is 13.6 Å². The zero-order valence-corrected chi connectivity index (χ0v) is 14.1. The van der Waals surface area contributed by atoms with Crippen LogP contribution in [0.1, 0.15) is 20.3 Å². The third kappa shape index (κ3) is 4.16. The summed E-state index contributed by atoms with van der Waals surface area (Å²) in [4.78, 5) is 17.5. The SMILES string of the molecule is CCOP(=O)(CCCOn1cnc2c(Cl)ncnc21)OCC. The van der Waals surface area contributed by atoms with E-state index < -0.39 is 7.60 Å². The molecule has 10 heteroatoms. The number of rotatable bonds is 9. The first-order valence-corrected chi connectivity index (χ1v) is 9.05. The minimum Gasteiger partial charge on any atom is -0.411 e. The number of aromatic nitrogens is 4. The van der Waals surface area contributed by atoms with E-state index in [0.717, 1.165) is 0 Å². The molecule has 2 rings (SSSR count). The van der Waals surface area contributed by atoms with E-state index in [-0.39, 0.29) is 11.3 Å². The molecule has 0 aliphatic carbocycles. The minimum absolute atomic E-state index is 0.268. The van der Waals surface area contributed by atoms with Crippen molar-refractivity contribution in [3.63, 3.8) is 0 Å². The Labute approximate surface area is 133 Å². The average molecular weight is 349 g/mol. The highest BCUT2D eigenvalue weighted by molar-refractivity contribution is 7.53. The van der Waals surface area contributed by atoms with Crippen LogP contribution in [0, 0.1) is 0 Å². The first-order chi connectivity index (χ1) is 10.6. The lowest BCUT2D eigenvalue weighted by molar-refractivity contribution is 0.116. The van der Waals surface area contributed by atoms with Gasteiger partial charge in [-0.15, -0.1) is 0 Å². The molecule has 0 amide bonds. The van der Waals surface area contributed by atoms with Crippen LogP contribution in [-0.4, -0.2) is 45.7 Å². The summed E-state index contributed by atoms with van der Waals surface area (Å²) in [5.41, 5.74) is 0.955. The minimum atomic E-state index is -3.03. The Morgan fingerprint density at radius 1 is 1.23 bits per heavy atom. The van der Waals surface area contributed by atoms with Crippen molar-refractivity contribution in [1.29, 1.82) is 0 Å². The molecular weight excluding hydrogens is 331 g/mol. The number of imidazole rings is 1. The fourth-order valence-electron chi connectivity index (χ4n) is 1.86. The highest BCUT2D eigenvalue weighted by atomic mass is 35.5. The molecule has 0 bridgehead atoms. The van der Waals surface area contributed by atoms with Crippen LogP contribution < -0.4 is 4.84 Å². The van der Waals surface area contributed by atoms with Crippen molar-refractivity contribution in [2.75, 3.05) is 26.0 Å². The highest BCUT2D eigenvalue weighted by Crippen LogP contribution is 2.48. The largest absolute Gasteiger partial charge is 0.411 e. The average Bonchev–Trinajstić information content (AvgIpc) is 2.89. The van der Waals surface area contributed by atoms with Crippen molar-refractivity contribution in [2.45, 2.75) is 20.3 Å². The van der Waals surface area contributed by atoms with Crippen LogP contribution in [0.4, 0.5) is 0 Å². The molecule has 2 heterocycles. The second kappa shape index (κ2) is 7.87. The van der Waals surface area contributed by atoms with Crippen LogP contribution >= 0.6 is 19.2 Å². The molecule has 22 heavy (non-hydrogen) atoms. The Kier molecular flexibility index (Phi) is 6.14. The van der Waals surface area contributed by atoms with Crippen molar-refractivity contribution in [3.8, 4) is 0 Å². The Hall–Kier alpha value is -1.21. The van der Waals surface area contributed by atoms with Gasteiger partial charge < -0.3 is 13.9 Å². The molecule has 8 nitrogen and oxygen atoms in total. The molecule has 0 unspecified atom stereocenters. The van der Waals surface area contributed by atoms with Gasteiger partial charge in [0.2, 0.25) is 5.65 Å². The van der Waals surface area contributed by atoms with E-state index in [2.05, 4.69) is 15.0 Å². The maximum absolute atomic E-state index is 12.3. The van der Waals surface area contributed by atoms with Crippen LogP contribution in [0.15, 0.2) is 12.7 Å². The topological polar surface area (TPSA) is 88.4 Å². The molecule has 2 aromatic rings. The molecule has 0 spiro atoms. The van der Waals surface area contributed by atoms with E-state index in [9.17, 15) is 4.57 Å². The Bertz CT molecular complexity index is 656. The van der Waals surface area contributed by atoms with Gasteiger partial charge in [-0.3, -0.25) is 4.57 Å². The molecule has 122 valence electrons. The van der Waals surface area contributed by atoms with Gasteiger partial charge in [0.15, 0.2) is 5.15 Å². The summed E-state index contributed by atoms with van der Waals surface area (Å²) in [5.74, 6) is 0. The Morgan fingerprint density at radius 2 is 1.95 bits per heavy atom. The lowest BCUT2D eigenvalue weighted by Crippen LogP contribution is -2.14. The third-order valence-corrected chi connectivity index (χ3v) is 5.16. The first-order valence-electron chi connectivity index (χ1n) is 6.94. The molecular formula is C12H18ClN4O4P. The normalized spacial score (nSPS) is 12.0. The van der Waals surface area contributed by atoms with Crippen LogP contribution in [0.3, 0.4) is 0 Å². The van der Waals surface area contributed by atoms with Gasteiger partial charge in [0, 0.05) is 0 Å². The van der Waals surface area contributed by atoms with Gasteiger partial charge in [0.1, 0.15) is 24.8 Å². The van der Waals surface area contributed by atoms with Crippen LogP contribution in [0.25, 0.3) is 11.2 Å². The Balaban J connectivity index is 1.90. The summed E-state index contributed by atoms with van der Waals surface area (Å²) in [6.45, 7) is 4.57. The number of nitrogens with zero attached hydrogens (tertiary/aromatic N) is 4. The van der Waals surface area contributed by atoms with Crippen LogP contribution in [0.2, 0.25) is 5.15 Å². The van der Waals surface area contributed by atoms with E-state index in [4.69, 9.17) is 25.5 Å². The zero-order chi connectivity index (χ0) is 16.0. The van der Waals surface area contributed by atoms with Gasteiger partial charge >= 0.3 is 7.60 Å². The van der Waals surface area contributed by atoms with E-state index in [0.29, 0.717) is 37.4 Å². The molecule has 0 aliphatic heterocycles. The highest BCUT2D eigenvalue weighted by Gasteiger charge is 2.22. The third-order valence-electron chi connectivity index (χ3n) is 2.72. The van der Waals surface area contributed by atoms with Crippen LogP contribution in [0.5, 0.6) is 0 Å². The van der Waals surface area contributed by atoms with Gasteiger partial charge in [-0.1, -0.05) is 11.6 Å². The summed E-state index contributed by atoms with van der Waals surface area (Å²) in [6, 6.07) is 0. The van der Waals surface area contributed by atoms with E-state index in [1.165, 1.54) is 17.4 Å². The molecule has 0 saturated heterocycles. The van der Waals surface area contributed by atoms with Crippen molar-refractivity contribution in [1.82, 2.24) is 19.7 Å². The van der Waals surface area contributed by atoms with E-state index in [1.54, 1.807) is 13.8 Å². The van der Waals surface area contributed by atoms with Gasteiger partial charge in [-0.2, -0.15) is 4.73 Å². The maximum Gasteiger partial charge on any atom is 0.330 e. The zero-order valence-electron chi connectivity index (χ0n) is 12.4. The van der Waals surface area contributed by atoms with Gasteiger partial charge in [0.25, 0.3) is 0 Å². The number of hydrogen-bond acceptors (Lipinski definition) is 7. The van der Waals surface area contributed by atoms with Crippen molar-refractivity contribution < 1.29 is 18.5 Å². The smallest absolute Gasteiger partial charge is 0.330 e. The molecule has 0 atom stereocenters. The van der Waals surface area contributed by atoms with Gasteiger partial charge in [-0.25, -0.2) is 15.0 Å².